The monoisotopic (exact) mass is 264 g/mol. The molecule has 0 amide bonds. The van der Waals surface area contributed by atoms with Gasteiger partial charge in [0.1, 0.15) is 0 Å². The van der Waals surface area contributed by atoms with Gasteiger partial charge in [-0.2, -0.15) is 0 Å². The molecule has 3 heterocycles. The van der Waals surface area contributed by atoms with Crippen molar-refractivity contribution in [2.24, 2.45) is 11.7 Å². The third-order valence-corrected chi connectivity index (χ3v) is 4.58. The molecule has 2 aromatic rings. The summed E-state index contributed by atoms with van der Waals surface area (Å²) in [6, 6.07) is 0. The number of piperidine rings is 1. The molecule has 2 aromatic heterocycles. The summed E-state index contributed by atoms with van der Waals surface area (Å²) < 4.78 is 2.11. The molecule has 0 saturated carbocycles. The largest absolute Gasteiger partial charge is 0.330 e. The van der Waals surface area contributed by atoms with Crippen LogP contribution in [-0.2, 0) is 6.54 Å². The Morgan fingerprint density at radius 1 is 1.39 bits per heavy atom. The van der Waals surface area contributed by atoms with E-state index >= 15 is 0 Å². The van der Waals surface area contributed by atoms with Crippen molar-refractivity contribution in [1.82, 2.24) is 14.3 Å². The van der Waals surface area contributed by atoms with Crippen LogP contribution in [0.1, 0.15) is 25.0 Å². The predicted octanol–water partition coefficient (Wildman–Crippen LogP) is 1.96. The molecular weight excluding hydrogens is 244 g/mol. The second-order valence-electron chi connectivity index (χ2n) is 5.12. The number of aromatic nitrogens is 2. The molecule has 0 aliphatic carbocycles. The minimum atomic E-state index is 0.835. The van der Waals surface area contributed by atoms with Crippen LogP contribution < -0.4 is 5.73 Å². The fourth-order valence-electron chi connectivity index (χ4n) is 2.75. The number of likely N-dealkylation sites (tertiary alicyclic amines) is 1. The van der Waals surface area contributed by atoms with Crippen LogP contribution in [0.3, 0.4) is 0 Å². The van der Waals surface area contributed by atoms with Gasteiger partial charge in [-0.05, 0) is 44.8 Å². The van der Waals surface area contributed by atoms with Crippen molar-refractivity contribution in [3.05, 3.63) is 23.5 Å². The molecule has 0 spiro atoms. The van der Waals surface area contributed by atoms with Gasteiger partial charge in [-0.15, -0.1) is 11.3 Å². The second kappa shape index (κ2) is 5.38. The summed E-state index contributed by atoms with van der Waals surface area (Å²) in [6.45, 7) is 4.21. The lowest BCUT2D eigenvalue weighted by Crippen LogP contribution is -2.33. The standard InChI is InChI=1S/C13H20N4S/c14-4-1-11-2-5-16(6-3-11)9-12-10-17-7-8-18-13(17)15-12/h7-8,10-11H,1-6,9,14H2. The van der Waals surface area contributed by atoms with E-state index in [0.717, 1.165) is 24.0 Å². The van der Waals surface area contributed by atoms with Gasteiger partial charge in [0, 0.05) is 24.3 Å². The summed E-state index contributed by atoms with van der Waals surface area (Å²) in [4.78, 5) is 8.26. The first-order valence-electron chi connectivity index (χ1n) is 6.68. The number of nitrogens with two attached hydrogens (primary N) is 1. The molecule has 0 bridgehead atoms. The van der Waals surface area contributed by atoms with Crippen molar-refractivity contribution in [1.29, 1.82) is 0 Å². The Labute approximate surface area is 111 Å². The maximum Gasteiger partial charge on any atom is 0.193 e. The number of rotatable bonds is 4. The first-order valence-corrected chi connectivity index (χ1v) is 7.56. The summed E-state index contributed by atoms with van der Waals surface area (Å²) >= 11 is 1.70. The molecule has 1 fully saturated rings. The lowest BCUT2D eigenvalue weighted by molar-refractivity contribution is 0.172. The van der Waals surface area contributed by atoms with Gasteiger partial charge in [0.05, 0.1) is 5.69 Å². The third-order valence-electron chi connectivity index (χ3n) is 3.81. The number of imidazole rings is 1. The Bertz CT molecular complexity index is 467. The first kappa shape index (κ1) is 12.1. The van der Waals surface area contributed by atoms with Crippen molar-refractivity contribution in [2.75, 3.05) is 19.6 Å². The molecule has 18 heavy (non-hydrogen) atoms. The van der Waals surface area contributed by atoms with Gasteiger partial charge in [-0.3, -0.25) is 9.30 Å². The highest BCUT2D eigenvalue weighted by Crippen LogP contribution is 2.21. The van der Waals surface area contributed by atoms with Gasteiger partial charge in [-0.1, -0.05) is 0 Å². The van der Waals surface area contributed by atoms with E-state index in [4.69, 9.17) is 5.73 Å². The molecule has 4 nitrogen and oxygen atoms in total. The predicted molar refractivity (Wildman–Crippen MR) is 74.7 cm³/mol. The van der Waals surface area contributed by atoms with Crippen molar-refractivity contribution in [3.63, 3.8) is 0 Å². The highest BCUT2D eigenvalue weighted by atomic mass is 32.1. The molecule has 3 rings (SSSR count). The molecule has 0 aromatic carbocycles. The number of hydrogen-bond donors (Lipinski definition) is 1. The van der Waals surface area contributed by atoms with E-state index in [1.54, 1.807) is 11.3 Å². The van der Waals surface area contributed by atoms with E-state index in [2.05, 4.69) is 32.1 Å². The zero-order valence-corrected chi connectivity index (χ0v) is 11.4. The van der Waals surface area contributed by atoms with E-state index in [9.17, 15) is 0 Å². The number of fused-ring (bicyclic) bond motifs is 1. The highest BCUT2D eigenvalue weighted by Gasteiger charge is 2.19. The Morgan fingerprint density at radius 2 is 2.22 bits per heavy atom. The lowest BCUT2D eigenvalue weighted by Gasteiger charge is -2.31. The van der Waals surface area contributed by atoms with Gasteiger partial charge in [0.25, 0.3) is 0 Å². The van der Waals surface area contributed by atoms with Crippen LogP contribution in [-0.4, -0.2) is 33.9 Å². The van der Waals surface area contributed by atoms with Crippen LogP contribution in [0.25, 0.3) is 4.96 Å². The molecule has 2 N–H and O–H groups in total. The van der Waals surface area contributed by atoms with E-state index in [-0.39, 0.29) is 0 Å². The van der Waals surface area contributed by atoms with Crippen molar-refractivity contribution >= 4 is 16.3 Å². The summed E-state index contributed by atoms with van der Waals surface area (Å²) in [5, 5.41) is 2.07. The van der Waals surface area contributed by atoms with Gasteiger partial charge in [0.15, 0.2) is 4.96 Å². The van der Waals surface area contributed by atoms with E-state index < -0.39 is 0 Å². The Balaban J connectivity index is 1.56. The SMILES string of the molecule is NCCC1CCN(Cc2cn3ccsc3n2)CC1. The van der Waals surface area contributed by atoms with Gasteiger partial charge >= 0.3 is 0 Å². The maximum absolute atomic E-state index is 5.62. The van der Waals surface area contributed by atoms with Crippen LogP contribution in [0.4, 0.5) is 0 Å². The molecule has 0 unspecified atom stereocenters. The average Bonchev–Trinajstić information content (AvgIpc) is 2.92. The summed E-state index contributed by atoms with van der Waals surface area (Å²) in [5.74, 6) is 0.844. The maximum atomic E-state index is 5.62. The van der Waals surface area contributed by atoms with E-state index in [1.165, 1.54) is 38.0 Å². The van der Waals surface area contributed by atoms with Crippen LogP contribution in [0.15, 0.2) is 17.8 Å². The lowest BCUT2D eigenvalue weighted by atomic mass is 9.93. The molecular formula is C13H20N4S. The average molecular weight is 264 g/mol. The van der Waals surface area contributed by atoms with Crippen molar-refractivity contribution < 1.29 is 0 Å². The third kappa shape index (κ3) is 2.58. The van der Waals surface area contributed by atoms with Crippen molar-refractivity contribution in [2.45, 2.75) is 25.8 Å². The van der Waals surface area contributed by atoms with E-state index in [0.29, 0.717) is 0 Å². The number of hydrogen-bond acceptors (Lipinski definition) is 4. The molecule has 1 saturated heterocycles. The fourth-order valence-corrected chi connectivity index (χ4v) is 3.47. The summed E-state index contributed by atoms with van der Waals surface area (Å²) in [6.07, 6.45) is 7.99. The van der Waals surface area contributed by atoms with Gasteiger partial charge < -0.3 is 5.73 Å². The smallest absolute Gasteiger partial charge is 0.193 e. The zero-order chi connectivity index (χ0) is 12.4. The van der Waals surface area contributed by atoms with Crippen LogP contribution in [0.5, 0.6) is 0 Å². The van der Waals surface area contributed by atoms with Crippen LogP contribution in [0.2, 0.25) is 0 Å². The molecule has 1 aliphatic rings. The van der Waals surface area contributed by atoms with Crippen LogP contribution >= 0.6 is 11.3 Å². The minimum Gasteiger partial charge on any atom is -0.330 e. The molecule has 98 valence electrons. The summed E-state index contributed by atoms with van der Waals surface area (Å²) in [5.41, 5.74) is 6.82. The molecule has 5 heteroatoms. The fraction of sp³-hybridized carbons (Fsp3) is 0.615. The number of thiazole rings is 1. The molecule has 1 aliphatic heterocycles. The number of nitrogens with zero attached hydrogens (tertiary/aromatic N) is 3. The van der Waals surface area contributed by atoms with Crippen molar-refractivity contribution in [3.8, 4) is 0 Å². The van der Waals surface area contributed by atoms with Crippen LogP contribution in [0, 0.1) is 5.92 Å². The Kier molecular flexibility index (Phi) is 3.63. The Hall–Kier alpha value is -0.910. The van der Waals surface area contributed by atoms with Gasteiger partial charge in [-0.25, -0.2) is 4.98 Å². The summed E-state index contributed by atoms with van der Waals surface area (Å²) in [7, 11) is 0. The van der Waals surface area contributed by atoms with Gasteiger partial charge in [0.2, 0.25) is 0 Å². The normalized spacial score (nSPS) is 18.7. The molecule has 0 atom stereocenters. The van der Waals surface area contributed by atoms with E-state index in [1.807, 2.05) is 0 Å². The zero-order valence-electron chi connectivity index (χ0n) is 10.6. The highest BCUT2D eigenvalue weighted by molar-refractivity contribution is 7.15. The minimum absolute atomic E-state index is 0.835. The quantitative estimate of drug-likeness (QED) is 0.918. The second-order valence-corrected chi connectivity index (χ2v) is 5.99. The Morgan fingerprint density at radius 3 is 2.94 bits per heavy atom. The first-order chi connectivity index (χ1) is 8.85. The topological polar surface area (TPSA) is 46.6 Å². The molecule has 0 radical (unpaired) electrons.